The normalized spacial score (nSPS) is 14.9. The van der Waals surface area contributed by atoms with Crippen LogP contribution in [-0.2, 0) is 9.53 Å². The van der Waals surface area contributed by atoms with Gasteiger partial charge in [-0.25, -0.2) is 4.79 Å². The van der Waals surface area contributed by atoms with Crippen molar-refractivity contribution >= 4 is 17.6 Å². The monoisotopic (exact) mass is 419 g/mol. The van der Waals surface area contributed by atoms with E-state index in [1.54, 1.807) is 18.7 Å². The Morgan fingerprint density at radius 1 is 0.871 bits per heavy atom. The van der Waals surface area contributed by atoms with Gasteiger partial charge in [0.25, 0.3) is 5.91 Å². The largest absolute Gasteiger partial charge is 0.448 e. The number of ether oxygens (including phenoxy) is 1. The van der Waals surface area contributed by atoms with Crippen LogP contribution in [0, 0.1) is 6.92 Å². The molecule has 1 aliphatic rings. The number of carbonyl (C=O) groups is 2. The highest BCUT2D eigenvalue weighted by Crippen LogP contribution is 2.17. The van der Waals surface area contributed by atoms with Crippen LogP contribution >= 0.6 is 0 Å². The topological polar surface area (TPSA) is 80.6 Å². The molecule has 0 saturated carbocycles. The molecule has 1 fully saturated rings. The lowest BCUT2D eigenvalue weighted by Crippen LogP contribution is -2.51. The lowest BCUT2D eigenvalue weighted by atomic mass is 10.2. The van der Waals surface area contributed by atoms with E-state index < -0.39 is 12.1 Å². The number of hydrogen-bond donors (Lipinski definition) is 0. The van der Waals surface area contributed by atoms with Crippen molar-refractivity contribution in [1.29, 1.82) is 0 Å². The van der Waals surface area contributed by atoms with Crippen molar-refractivity contribution in [2.24, 2.45) is 0 Å². The molecule has 2 aromatic carbocycles. The summed E-state index contributed by atoms with van der Waals surface area (Å²) in [6.07, 6.45) is -0.892. The maximum Gasteiger partial charge on any atom is 0.361 e. The number of carbonyl (C=O) groups excluding carboxylic acids is 2. The summed E-state index contributed by atoms with van der Waals surface area (Å²) < 4.78 is 5.43. The van der Waals surface area contributed by atoms with Gasteiger partial charge in [-0.05, 0) is 38.1 Å². The Bertz CT molecular complexity index is 1040. The highest BCUT2D eigenvalue weighted by Gasteiger charge is 2.29. The minimum absolute atomic E-state index is 0.109. The van der Waals surface area contributed by atoms with E-state index in [1.807, 2.05) is 48.5 Å². The molecule has 0 unspecified atom stereocenters. The minimum atomic E-state index is -0.892. The van der Waals surface area contributed by atoms with E-state index in [1.165, 1.54) is 4.80 Å². The number of amides is 1. The molecule has 160 valence electrons. The van der Waals surface area contributed by atoms with Crippen LogP contribution in [0.5, 0.6) is 0 Å². The Hall–Kier alpha value is -3.68. The number of esters is 1. The number of benzene rings is 2. The summed E-state index contributed by atoms with van der Waals surface area (Å²) in [7, 11) is 0. The zero-order valence-corrected chi connectivity index (χ0v) is 17.6. The van der Waals surface area contributed by atoms with Crippen LogP contribution in [0.1, 0.15) is 23.1 Å². The molecule has 0 aliphatic carbocycles. The fourth-order valence-electron chi connectivity index (χ4n) is 3.59. The molecule has 1 aliphatic heterocycles. The van der Waals surface area contributed by atoms with Gasteiger partial charge in [0.05, 0.1) is 11.4 Å². The first-order valence-electron chi connectivity index (χ1n) is 10.3. The van der Waals surface area contributed by atoms with Crippen molar-refractivity contribution in [2.45, 2.75) is 20.0 Å². The van der Waals surface area contributed by atoms with Crippen molar-refractivity contribution in [3.63, 3.8) is 0 Å². The third kappa shape index (κ3) is 4.58. The number of hydrogen-bond acceptors (Lipinski definition) is 6. The zero-order valence-electron chi connectivity index (χ0n) is 17.6. The molecule has 0 spiro atoms. The van der Waals surface area contributed by atoms with Crippen LogP contribution in [0.2, 0.25) is 0 Å². The first kappa shape index (κ1) is 20.6. The van der Waals surface area contributed by atoms with Crippen LogP contribution in [0.25, 0.3) is 5.69 Å². The van der Waals surface area contributed by atoms with Crippen LogP contribution in [0.4, 0.5) is 5.69 Å². The Morgan fingerprint density at radius 3 is 2.06 bits per heavy atom. The second-order valence-corrected chi connectivity index (χ2v) is 7.45. The van der Waals surface area contributed by atoms with Crippen LogP contribution in [-0.4, -0.2) is 64.1 Å². The highest BCUT2D eigenvalue weighted by atomic mass is 16.5. The van der Waals surface area contributed by atoms with E-state index in [9.17, 15) is 9.59 Å². The van der Waals surface area contributed by atoms with Gasteiger partial charge >= 0.3 is 5.97 Å². The van der Waals surface area contributed by atoms with Crippen molar-refractivity contribution in [3.05, 3.63) is 72.1 Å². The molecule has 1 atom stereocenters. The van der Waals surface area contributed by atoms with Crippen LogP contribution in [0.3, 0.4) is 0 Å². The van der Waals surface area contributed by atoms with Crippen molar-refractivity contribution in [1.82, 2.24) is 19.9 Å². The number of piperazine rings is 1. The number of para-hydroxylation sites is 2. The fraction of sp³-hybridized carbons (Fsp3) is 0.304. The third-order valence-corrected chi connectivity index (χ3v) is 5.31. The van der Waals surface area contributed by atoms with Gasteiger partial charge in [0.2, 0.25) is 0 Å². The predicted molar refractivity (Wildman–Crippen MR) is 116 cm³/mol. The van der Waals surface area contributed by atoms with E-state index in [4.69, 9.17) is 4.74 Å². The number of aryl methyl sites for hydroxylation is 1. The first-order valence-corrected chi connectivity index (χ1v) is 10.3. The molecule has 2 heterocycles. The smallest absolute Gasteiger partial charge is 0.361 e. The molecule has 4 rings (SSSR count). The van der Waals surface area contributed by atoms with Crippen molar-refractivity contribution < 1.29 is 14.3 Å². The molecule has 8 nitrogen and oxygen atoms in total. The molecule has 1 amide bonds. The summed E-state index contributed by atoms with van der Waals surface area (Å²) >= 11 is 0. The van der Waals surface area contributed by atoms with E-state index in [2.05, 4.69) is 27.2 Å². The maximum absolute atomic E-state index is 12.8. The summed E-state index contributed by atoms with van der Waals surface area (Å²) in [6.45, 7) is 5.93. The lowest BCUT2D eigenvalue weighted by molar-refractivity contribution is -0.140. The van der Waals surface area contributed by atoms with Crippen LogP contribution < -0.4 is 4.90 Å². The number of nitrogens with zero attached hydrogens (tertiary/aromatic N) is 5. The molecule has 0 bridgehead atoms. The van der Waals surface area contributed by atoms with E-state index in [-0.39, 0.29) is 11.6 Å². The predicted octanol–water partition coefficient (Wildman–Crippen LogP) is 2.47. The molecule has 3 aromatic rings. The SMILES string of the molecule is Cc1nn(-c2ccccc2)nc1C(=O)O[C@@H](C)C(=O)N1CCN(c2ccccc2)CC1. The lowest BCUT2D eigenvalue weighted by Gasteiger charge is -2.37. The fourth-order valence-corrected chi connectivity index (χ4v) is 3.59. The Balaban J connectivity index is 1.35. The average Bonchev–Trinajstić information content (AvgIpc) is 3.21. The Morgan fingerprint density at radius 2 is 1.45 bits per heavy atom. The van der Waals surface area contributed by atoms with Gasteiger partial charge in [-0.3, -0.25) is 4.79 Å². The summed E-state index contributed by atoms with van der Waals surface area (Å²) in [6, 6.07) is 19.4. The molecule has 8 heteroatoms. The number of aromatic nitrogens is 3. The maximum atomic E-state index is 12.8. The summed E-state index contributed by atoms with van der Waals surface area (Å²) in [5.41, 5.74) is 2.44. The number of anilines is 1. The molecular weight excluding hydrogens is 394 g/mol. The second-order valence-electron chi connectivity index (χ2n) is 7.45. The Labute approximate surface area is 181 Å². The van der Waals surface area contributed by atoms with E-state index >= 15 is 0 Å². The molecule has 1 aromatic heterocycles. The summed E-state index contributed by atoms with van der Waals surface area (Å²) in [5.74, 6) is -0.849. The van der Waals surface area contributed by atoms with E-state index in [0.717, 1.165) is 24.5 Å². The zero-order chi connectivity index (χ0) is 21.8. The van der Waals surface area contributed by atoms with Gasteiger partial charge in [0, 0.05) is 31.9 Å². The van der Waals surface area contributed by atoms with Gasteiger partial charge in [0.15, 0.2) is 11.8 Å². The quantitative estimate of drug-likeness (QED) is 0.591. The van der Waals surface area contributed by atoms with Crippen LogP contribution in [0.15, 0.2) is 60.7 Å². The van der Waals surface area contributed by atoms with Gasteiger partial charge in [0.1, 0.15) is 0 Å². The van der Waals surface area contributed by atoms with Gasteiger partial charge in [-0.2, -0.15) is 9.90 Å². The van der Waals surface area contributed by atoms with Gasteiger partial charge in [-0.15, -0.1) is 5.10 Å². The molecule has 31 heavy (non-hydrogen) atoms. The summed E-state index contributed by atoms with van der Waals surface area (Å²) in [5, 5.41) is 8.53. The first-order chi connectivity index (χ1) is 15.0. The highest BCUT2D eigenvalue weighted by molar-refractivity contribution is 5.91. The number of rotatable bonds is 5. The van der Waals surface area contributed by atoms with Crippen molar-refractivity contribution in [2.75, 3.05) is 31.1 Å². The third-order valence-electron chi connectivity index (χ3n) is 5.31. The molecule has 1 saturated heterocycles. The second kappa shape index (κ2) is 8.99. The van der Waals surface area contributed by atoms with Gasteiger partial charge in [-0.1, -0.05) is 36.4 Å². The van der Waals surface area contributed by atoms with E-state index in [0.29, 0.717) is 18.8 Å². The molecular formula is C23H25N5O3. The average molecular weight is 419 g/mol. The standard InChI is InChI=1S/C23H25N5O3/c1-17-21(25-28(24-17)20-11-7-4-8-12-20)23(30)31-18(2)22(29)27-15-13-26(14-16-27)19-9-5-3-6-10-19/h3-12,18H,13-16H2,1-2H3/t18-/m0/s1. The van der Waals surface area contributed by atoms with Gasteiger partial charge < -0.3 is 14.5 Å². The minimum Gasteiger partial charge on any atom is -0.448 e. The molecule has 0 N–H and O–H groups in total. The summed E-state index contributed by atoms with van der Waals surface area (Å²) in [4.78, 5) is 30.8. The van der Waals surface area contributed by atoms with Crippen molar-refractivity contribution in [3.8, 4) is 5.69 Å². The molecule has 0 radical (unpaired) electrons. The Kier molecular flexibility index (Phi) is 5.97.